The Hall–Kier alpha value is -6.30. The largest absolute Gasteiger partial charge is 0.493 e. The molecule has 2 aliphatic heterocycles. The van der Waals surface area contributed by atoms with Crippen molar-refractivity contribution in [2.75, 3.05) is 20.8 Å². The molecular formula is C52H47NO4. The first kappa shape index (κ1) is 36.3. The molecule has 0 amide bonds. The maximum absolute atomic E-state index is 7.26. The van der Waals surface area contributed by atoms with E-state index in [9.17, 15) is 0 Å². The van der Waals surface area contributed by atoms with Crippen LogP contribution in [0.2, 0.25) is 0 Å². The highest BCUT2D eigenvalue weighted by Crippen LogP contribution is 2.48. The molecule has 0 spiro atoms. The number of hydrogen-bond acceptors (Lipinski definition) is 5. The lowest BCUT2D eigenvalue weighted by molar-refractivity contribution is 0.106. The van der Waals surface area contributed by atoms with Crippen LogP contribution in [-0.4, -0.2) is 25.7 Å². The molecule has 0 aliphatic carbocycles. The fourth-order valence-corrected chi connectivity index (χ4v) is 8.95. The molecule has 0 radical (unpaired) electrons. The van der Waals surface area contributed by atoms with Gasteiger partial charge in [0, 0.05) is 35.3 Å². The monoisotopic (exact) mass is 749 g/mol. The molecule has 0 fully saturated rings. The minimum atomic E-state index is -0.845. The van der Waals surface area contributed by atoms with Crippen LogP contribution in [0.25, 0.3) is 0 Å². The van der Waals surface area contributed by atoms with Gasteiger partial charge in [-0.2, -0.15) is 0 Å². The van der Waals surface area contributed by atoms with E-state index in [0.29, 0.717) is 6.61 Å². The molecule has 0 aromatic heterocycles. The van der Waals surface area contributed by atoms with Gasteiger partial charge in [0.1, 0.15) is 18.1 Å². The van der Waals surface area contributed by atoms with Gasteiger partial charge in [0.2, 0.25) is 0 Å². The van der Waals surface area contributed by atoms with E-state index in [1.54, 1.807) is 14.2 Å². The normalized spacial score (nSPS) is 16.1. The SMILES string of the molecule is COc1cc2c(cc1OC)[C@@H]1Cc3ccc(OCc4ccccc4)cc3[C@H](Cc3ccc(OC(c4ccccc4)(c4ccccc4)c4ccccc4)cc3)N1CC2. The average molecular weight is 750 g/mol. The minimum Gasteiger partial charge on any atom is -0.493 e. The maximum atomic E-state index is 7.26. The van der Waals surface area contributed by atoms with Gasteiger partial charge in [-0.25, -0.2) is 0 Å². The Morgan fingerprint density at radius 1 is 0.544 bits per heavy atom. The molecule has 0 N–H and O–H groups in total. The lowest BCUT2D eigenvalue weighted by atomic mass is 9.79. The number of benzene rings is 7. The molecule has 2 heterocycles. The Labute approximate surface area is 336 Å². The number of ether oxygens (including phenoxy) is 4. The van der Waals surface area contributed by atoms with Crippen LogP contribution < -0.4 is 18.9 Å². The third-order valence-electron chi connectivity index (χ3n) is 11.7. The summed E-state index contributed by atoms with van der Waals surface area (Å²) in [4.78, 5) is 2.70. The number of rotatable bonds is 12. The average Bonchev–Trinajstić information content (AvgIpc) is 3.28. The summed E-state index contributed by atoms with van der Waals surface area (Å²) in [5.41, 5.74) is 10.1. The Balaban J connectivity index is 1.07. The summed E-state index contributed by atoms with van der Waals surface area (Å²) in [5.74, 6) is 3.27. The van der Waals surface area contributed by atoms with Crippen LogP contribution in [0.5, 0.6) is 23.0 Å². The molecule has 0 saturated heterocycles. The van der Waals surface area contributed by atoms with E-state index in [2.05, 4.69) is 175 Å². The fourth-order valence-electron chi connectivity index (χ4n) is 8.95. The van der Waals surface area contributed by atoms with Crippen molar-refractivity contribution in [3.8, 4) is 23.0 Å². The standard InChI is InChI=1S/C52H47NO4/c1-54-50-33-40-29-30-53-48(46-34-45(56-36-38-15-7-3-8-16-38)28-25-39(46)32-49(53)47(40)35-51(50)55-2)31-37-23-26-44(27-24-37)57-52(41-17-9-4-10-18-41,42-19-11-5-12-20-42)43-21-13-6-14-22-43/h3-28,33-35,48-49H,29-32,36H2,1-2H3/t48-,49-/m0/s1. The summed E-state index contributed by atoms with van der Waals surface area (Å²) in [6.07, 6.45) is 2.70. The Kier molecular flexibility index (Phi) is 10.2. The number of hydrogen-bond donors (Lipinski definition) is 0. The van der Waals surface area contributed by atoms with Crippen molar-refractivity contribution >= 4 is 0 Å². The highest BCUT2D eigenvalue weighted by atomic mass is 16.5. The van der Waals surface area contributed by atoms with Crippen molar-refractivity contribution in [2.45, 2.75) is 43.6 Å². The van der Waals surface area contributed by atoms with Crippen molar-refractivity contribution in [1.82, 2.24) is 4.90 Å². The Morgan fingerprint density at radius 2 is 1.11 bits per heavy atom. The molecule has 2 atom stereocenters. The third-order valence-corrected chi connectivity index (χ3v) is 11.7. The number of nitrogens with zero attached hydrogens (tertiary/aromatic N) is 1. The molecule has 0 bridgehead atoms. The molecule has 0 saturated carbocycles. The summed E-state index contributed by atoms with van der Waals surface area (Å²) in [6.45, 7) is 1.48. The second-order valence-corrected chi connectivity index (χ2v) is 15.0. The van der Waals surface area contributed by atoms with Crippen molar-refractivity contribution in [2.24, 2.45) is 0 Å². The lowest BCUT2D eigenvalue weighted by Crippen LogP contribution is -2.43. The van der Waals surface area contributed by atoms with E-state index < -0.39 is 5.60 Å². The van der Waals surface area contributed by atoms with Gasteiger partial charge >= 0.3 is 0 Å². The quantitative estimate of drug-likeness (QED) is 0.116. The van der Waals surface area contributed by atoms with Crippen LogP contribution in [0.4, 0.5) is 0 Å². The van der Waals surface area contributed by atoms with E-state index in [1.165, 1.54) is 27.8 Å². The first-order valence-electron chi connectivity index (χ1n) is 19.9. The fraction of sp³-hybridized carbons (Fsp3) is 0.192. The predicted octanol–water partition coefficient (Wildman–Crippen LogP) is 11.1. The van der Waals surface area contributed by atoms with E-state index >= 15 is 0 Å². The van der Waals surface area contributed by atoms with Crippen molar-refractivity contribution in [3.63, 3.8) is 0 Å². The number of fused-ring (bicyclic) bond motifs is 4. The van der Waals surface area contributed by atoms with Crippen molar-refractivity contribution in [3.05, 3.63) is 226 Å². The summed E-state index contributed by atoms with van der Waals surface area (Å²) in [5, 5.41) is 0. The van der Waals surface area contributed by atoms with E-state index in [0.717, 1.165) is 71.1 Å². The molecule has 7 aromatic rings. The molecule has 57 heavy (non-hydrogen) atoms. The van der Waals surface area contributed by atoms with E-state index in [-0.39, 0.29) is 12.1 Å². The first-order valence-corrected chi connectivity index (χ1v) is 19.9. The molecule has 5 nitrogen and oxygen atoms in total. The van der Waals surface area contributed by atoms with Crippen LogP contribution in [0.15, 0.2) is 176 Å². The zero-order valence-electron chi connectivity index (χ0n) is 32.5. The van der Waals surface area contributed by atoms with E-state index in [1.807, 2.05) is 6.07 Å². The van der Waals surface area contributed by atoms with Gasteiger partial charge in [0.25, 0.3) is 0 Å². The molecule has 2 aliphatic rings. The molecule has 9 rings (SSSR count). The molecular weight excluding hydrogens is 703 g/mol. The van der Waals surface area contributed by atoms with Gasteiger partial charge in [0.15, 0.2) is 17.1 Å². The highest BCUT2D eigenvalue weighted by Gasteiger charge is 2.41. The van der Waals surface area contributed by atoms with Crippen LogP contribution in [0, 0.1) is 0 Å². The van der Waals surface area contributed by atoms with Gasteiger partial charge in [-0.3, -0.25) is 4.90 Å². The smallest absolute Gasteiger partial charge is 0.184 e. The van der Waals surface area contributed by atoms with Gasteiger partial charge in [-0.1, -0.05) is 140 Å². The van der Waals surface area contributed by atoms with Gasteiger partial charge in [-0.05, 0) is 89.0 Å². The second kappa shape index (κ2) is 16.0. The summed E-state index contributed by atoms with van der Waals surface area (Å²) >= 11 is 0. The number of methoxy groups -OCH3 is 2. The third kappa shape index (κ3) is 7.16. The molecule has 0 unspecified atom stereocenters. The second-order valence-electron chi connectivity index (χ2n) is 15.0. The molecule has 284 valence electrons. The summed E-state index contributed by atoms with van der Waals surface area (Å²) in [7, 11) is 3.43. The topological polar surface area (TPSA) is 40.2 Å². The minimum absolute atomic E-state index is 0.143. The molecule has 5 heteroatoms. The van der Waals surface area contributed by atoms with Gasteiger partial charge in [0.05, 0.1) is 14.2 Å². The Morgan fingerprint density at radius 3 is 1.70 bits per heavy atom. The maximum Gasteiger partial charge on any atom is 0.184 e. The predicted molar refractivity (Wildman–Crippen MR) is 226 cm³/mol. The highest BCUT2D eigenvalue weighted by molar-refractivity contribution is 5.53. The van der Waals surface area contributed by atoms with Gasteiger partial charge < -0.3 is 18.9 Å². The summed E-state index contributed by atoms with van der Waals surface area (Å²) in [6, 6.07) is 62.2. The van der Waals surface area contributed by atoms with E-state index in [4.69, 9.17) is 18.9 Å². The van der Waals surface area contributed by atoms with Crippen LogP contribution >= 0.6 is 0 Å². The van der Waals surface area contributed by atoms with Gasteiger partial charge in [-0.15, -0.1) is 0 Å². The summed E-state index contributed by atoms with van der Waals surface area (Å²) < 4.78 is 25.2. The zero-order valence-corrected chi connectivity index (χ0v) is 32.5. The zero-order chi connectivity index (χ0) is 38.6. The molecule has 7 aromatic carbocycles. The Bertz CT molecular complexity index is 2320. The van der Waals surface area contributed by atoms with Crippen LogP contribution in [-0.2, 0) is 31.5 Å². The first-order chi connectivity index (χ1) is 28.1. The van der Waals surface area contributed by atoms with Crippen molar-refractivity contribution < 1.29 is 18.9 Å². The van der Waals surface area contributed by atoms with Crippen LogP contribution in [0.3, 0.4) is 0 Å². The van der Waals surface area contributed by atoms with Crippen LogP contribution in [0.1, 0.15) is 62.2 Å². The van der Waals surface area contributed by atoms with Crippen molar-refractivity contribution in [1.29, 1.82) is 0 Å². The lowest BCUT2D eigenvalue weighted by Gasteiger charge is -2.47.